The fraction of sp³-hybridized carbons (Fsp3) is 0.352. The van der Waals surface area contributed by atoms with Gasteiger partial charge in [0.2, 0.25) is 29.5 Å². The Kier molecular flexibility index (Phi) is 20.3. The monoisotopic (exact) mass is 1010 g/mol. The van der Waals surface area contributed by atoms with Gasteiger partial charge in [-0.15, -0.1) is 0 Å². The van der Waals surface area contributed by atoms with E-state index in [4.69, 9.17) is 22.4 Å². The van der Waals surface area contributed by atoms with Gasteiger partial charge >= 0.3 is 11.9 Å². The highest BCUT2D eigenvalue weighted by molar-refractivity contribution is 5.92. The first kappa shape index (κ1) is 54.6. The van der Waals surface area contributed by atoms with Crippen LogP contribution in [-0.4, -0.2) is 93.9 Å². The minimum absolute atomic E-state index is 0.0158. The van der Waals surface area contributed by atoms with Gasteiger partial charge in [0.15, 0.2) is 1.41 Å². The Labute approximate surface area is 424 Å². The SMILES string of the molecule is [2H]N(CCC(=O)N[C@@H](CCC(=O)OCc1ccccc1)C(=O)OCc1ccccc1)C(=O)[C@H](CCN(C(=O)CO)[C@@H](c1cc(-c2cc(F)ccc2F)cn1Cc1ccccc1)C(C)(C)C)NC(=O)[C@@H](N)CC(N)=O. The zero-order chi connectivity index (χ0) is 54.0. The van der Waals surface area contributed by atoms with Gasteiger partial charge in [0, 0.05) is 55.5 Å². The van der Waals surface area contributed by atoms with Crippen molar-refractivity contribution in [3.8, 4) is 11.1 Å². The number of rotatable bonds is 26. The summed E-state index contributed by atoms with van der Waals surface area (Å²) in [5.41, 5.74) is 13.3. The third kappa shape index (κ3) is 17.5. The molecule has 0 aliphatic heterocycles. The summed E-state index contributed by atoms with van der Waals surface area (Å²) in [5.74, 6) is -7.48. The molecular weight excluding hydrogens is 945 g/mol. The molecule has 19 heteroatoms. The van der Waals surface area contributed by atoms with Crippen LogP contribution < -0.4 is 27.4 Å². The highest BCUT2D eigenvalue weighted by Gasteiger charge is 2.38. The fourth-order valence-electron chi connectivity index (χ4n) is 8.01. The van der Waals surface area contributed by atoms with Crippen molar-refractivity contribution in [3.05, 3.63) is 155 Å². The van der Waals surface area contributed by atoms with Crippen molar-refractivity contribution < 1.29 is 58.3 Å². The standard InChI is InChI=1S/C54H63F2N7O10/c1-54(2,3)50(45-27-38(40-28-39(55)19-20-41(40)56)31-62(45)30-35-13-7-4-8-14-35)63(48(67)32-64)26-24-43(61-51(69)42(57)29-46(58)65)52(70)59-25-23-47(66)60-44(53(71)73-34-37-17-11-6-12-18-37)21-22-49(68)72-33-36-15-9-5-10-16-36/h4-20,27-28,31,42-44,50,64H,21-26,29-30,32-34,57H2,1-3H3,(H2,58,65)(H,59,70)(H,60,66)(H,61,69)/t42-,43-,44-,50-/m0/s1/i/hD. The van der Waals surface area contributed by atoms with Crippen LogP contribution in [0.3, 0.4) is 0 Å². The Bertz CT molecular complexity index is 2710. The Hall–Kier alpha value is -7.77. The predicted octanol–water partition coefficient (Wildman–Crippen LogP) is 4.73. The van der Waals surface area contributed by atoms with Gasteiger partial charge < -0.3 is 51.5 Å². The number of nitrogens with zero attached hydrogens (tertiary/aromatic N) is 2. The van der Waals surface area contributed by atoms with E-state index in [1.165, 1.54) is 4.90 Å². The molecule has 17 nitrogen and oxygen atoms in total. The number of nitrogens with one attached hydrogen (secondary N) is 3. The number of aromatic nitrogens is 1. The second-order valence-electron chi connectivity index (χ2n) is 18.4. The molecule has 388 valence electrons. The smallest absolute Gasteiger partial charge is 0.328 e. The van der Waals surface area contributed by atoms with Crippen LogP contribution in [0.25, 0.3) is 11.1 Å². The van der Waals surface area contributed by atoms with Gasteiger partial charge in [-0.25, -0.2) is 13.6 Å². The molecule has 0 aliphatic carbocycles. The molecule has 0 saturated heterocycles. The van der Waals surface area contributed by atoms with Gasteiger partial charge in [0.1, 0.15) is 43.5 Å². The van der Waals surface area contributed by atoms with Crippen LogP contribution in [0.15, 0.2) is 121 Å². The van der Waals surface area contributed by atoms with Crippen molar-refractivity contribution in [2.45, 2.75) is 96.8 Å². The number of carbonyl (C=O) groups is 7. The molecule has 0 unspecified atom stereocenters. The molecule has 5 rings (SSSR count). The molecule has 0 saturated carbocycles. The molecule has 0 fully saturated rings. The average Bonchev–Trinajstić information content (AvgIpc) is 3.78. The van der Waals surface area contributed by atoms with Gasteiger partial charge in [-0.1, -0.05) is 112 Å². The minimum Gasteiger partial charge on any atom is -0.461 e. The number of hydrogen-bond donors (Lipinski definition) is 6. The van der Waals surface area contributed by atoms with E-state index in [2.05, 4.69) is 10.6 Å². The van der Waals surface area contributed by atoms with Crippen molar-refractivity contribution in [1.82, 2.24) is 25.4 Å². The number of halogens is 2. The van der Waals surface area contributed by atoms with Gasteiger partial charge in [-0.3, -0.25) is 28.8 Å². The summed E-state index contributed by atoms with van der Waals surface area (Å²) in [6.45, 7) is 3.55. The van der Waals surface area contributed by atoms with Gasteiger partial charge in [-0.2, -0.15) is 0 Å². The molecule has 0 spiro atoms. The van der Waals surface area contributed by atoms with E-state index in [0.717, 1.165) is 29.3 Å². The van der Waals surface area contributed by atoms with Crippen molar-refractivity contribution in [2.24, 2.45) is 16.9 Å². The summed E-state index contributed by atoms with van der Waals surface area (Å²) >= 11 is 0. The van der Waals surface area contributed by atoms with E-state index in [0.29, 0.717) is 16.6 Å². The first-order valence-corrected chi connectivity index (χ1v) is 23.7. The summed E-state index contributed by atoms with van der Waals surface area (Å²) in [6.07, 6.45) is -0.434. The van der Waals surface area contributed by atoms with E-state index < -0.39 is 115 Å². The number of primary amides is 1. The lowest BCUT2D eigenvalue weighted by Crippen LogP contribution is -2.54. The zero-order valence-corrected chi connectivity index (χ0v) is 41.0. The number of nitrogens with two attached hydrogens (primary N) is 2. The Morgan fingerprint density at radius 3 is 1.96 bits per heavy atom. The largest absolute Gasteiger partial charge is 0.461 e. The summed E-state index contributed by atoms with van der Waals surface area (Å²) in [6, 6.07) is 26.1. The number of hydrogen-bond acceptors (Lipinski definition) is 11. The molecule has 4 aromatic carbocycles. The molecule has 1 heterocycles. The molecule has 0 bridgehead atoms. The topological polar surface area (TPSA) is 254 Å². The lowest BCUT2D eigenvalue weighted by molar-refractivity contribution is -0.150. The molecule has 0 aliphatic rings. The van der Waals surface area contributed by atoms with Crippen LogP contribution in [0.5, 0.6) is 0 Å². The van der Waals surface area contributed by atoms with Gasteiger partial charge in [0.05, 0.1) is 18.5 Å². The maximum Gasteiger partial charge on any atom is 0.328 e. The number of aliphatic hydroxyl groups is 1. The normalized spacial score (nSPS) is 13.1. The van der Waals surface area contributed by atoms with E-state index in [1.54, 1.807) is 71.4 Å². The lowest BCUT2D eigenvalue weighted by Gasteiger charge is -2.41. The Morgan fingerprint density at radius 1 is 0.767 bits per heavy atom. The molecule has 0 radical (unpaired) electrons. The first-order valence-electron chi connectivity index (χ1n) is 24.1. The van der Waals surface area contributed by atoms with Crippen LogP contribution in [-0.2, 0) is 62.8 Å². The Morgan fingerprint density at radius 2 is 1.37 bits per heavy atom. The third-order valence-corrected chi connectivity index (χ3v) is 11.6. The van der Waals surface area contributed by atoms with Gasteiger partial charge in [-0.05, 0) is 59.2 Å². The molecule has 5 amide bonds. The van der Waals surface area contributed by atoms with E-state index in [1.807, 2.05) is 57.2 Å². The van der Waals surface area contributed by atoms with Crippen molar-refractivity contribution in [2.75, 3.05) is 19.7 Å². The van der Waals surface area contributed by atoms with Crippen LogP contribution in [0.4, 0.5) is 8.78 Å². The highest BCUT2D eigenvalue weighted by atomic mass is 19.1. The van der Waals surface area contributed by atoms with E-state index in [9.17, 15) is 43.1 Å². The van der Waals surface area contributed by atoms with Crippen molar-refractivity contribution >= 4 is 41.5 Å². The van der Waals surface area contributed by atoms with Gasteiger partial charge in [0.25, 0.3) is 0 Å². The summed E-state index contributed by atoms with van der Waals surface area (Å²) in [4.78, 5) is 94.1. The molecular formula is C54H63F2N7O10. The van der Waals surface area contributed by atoms with E-state index in [-0.39, 0.29) is 50.3 Å². The third-order valence-electron chi connectivity index (χ3n) is 11.6. The number of benzene rings is 4. The zero-order valence-electron chi connectivity index (χ0n) is 42.0. The molecule has 8 N–H and O–H groups in total. The van der Waals surface area contributed by atoms with Crippen molar-refractivity contribution in [3.63, 3.8) is 0 Å². The predicted molar refractivity (Wildman–Crippen MR) is 266 cm³/mol. The van der Waals surface area contributed by atoms with E-state index >= 15 is 4.39 Å². The van der Waals surface area contributed by atoms with Crippen molar-refractivity contribution in [1.29, 1.82) is 0 Å². The number of amides is 5. The molecule has 1 aromatic heterocycles. The first-order chi connectivity index (χ1) is 35.2. The average molecular weight is 1010 g/mol. The summed E-state index contributed by atoms with van der Waals surface area (Å²) in [5, 5.41) is 15.8. The minimum atomic E-state index is -1.63. The summed E-state index contributed by atoms with van der Waals surface area (Å²) in [7, 11) is 0. The summed E-state index contributed by atoms with van der Waals surface area (Å²) < 4.78 is 51.2. The number of esters is 2. The number of ether oxygens (including phenoxy) is 2. The van der Waals surface area contributed by atoms with Crippen LogP contribution in [0.1, 0.15) is 81.3 Å². The molecule has 4 atom stereocenters. The number of carbonyl (C=O) groups excluding carboxylic acids is 7. The maximum absolute atomic E-state index is 15.3. The van der Waals surface area contributed by atoms with Crippen LogP contribution >= 0.6 is 0 Å². The maximum atomic E-state index is 15.3. The molecule has 5 aromatic rings. The quantitative estimate of drug-likeness (QED) is 0.0413. The fourth-order valence-corrected chi connectivity index (χ4v) is 8.01. The second-order valence-corrected chi connectivity index (χ2v) is 18.4. The highest BCUT2D eigenvalue weighted by Crippen LogP contribution is 2.41. The second kappa shape index (κ2) is 27.2. The van der Waals surface area contributed by atoms with Crippen LogP contribution in [0.2, 0.25) is 1.41 Å². The number of aliphatic hydroxyl groups excluding tert-OH is 1. The molecule has 73 heavy (non-hydrogen) atoms. The lowest BCUT2D eigenvalue weighted by atomic mass is 9.82. The van der Waals surface area contributed by atoms with Crippen LogP contribution in [0, 0.1) is 17.0 Å². The Balaban J connectivity index is 1.37.